The molecular weight excluding hydrogens is 242 g/mol. The van der Waals surface area contributed by atoms with Crippen LogP contribution in [-0.4, -0.2) is 27.3 Å². The molecule has 0 bridgehead atoms. The van der Waals surface area contributed by atoms with Gasteiger partial charge in [-0.3, -0.25) is 9.48 Å². The van der Waals surface area contributed by atoms with Gasteiger partial charge >= 0.3 is 0 Å². The molecule has 0 saturated heterocycles. The van der Waals surface area contributed by atoms with Gasteiger partial charge in [-0.05, 0) is 26.0 Å². The molecule has 1 heterocycles. The molecule has 0 unspecified atom stereocenters. The summed E-state index contributed by atoms with van der Waals surface area (Å²) in [6, 6.07) is 6.67. The first kappa shape index (κ1) is 13.1. The van der Waals surface area contributed by atoms with Crippen molar-refractivity contribution < 1.29 is 9.90 Å². The third-order valence-electron chi connectivity index (χ3n) is 2.95. The summed E-state index contributed by atoms with van der Waals surface area (Å²) in [6.07, 6.45) is 1.71. The standard InChI is InChI=1S/C14H17N3O2/c1-4-17(11-6-5-7-12(18)8-11)14(19)13-9-16(3)15-10(13)2/h5-9,18H,4H2,1-3H3. The summed E-state index contributed by atoms with van der Waals surface area (Å²) >= 11 is 0. The number of aromatic nitrogens is 2. The van der Waals surface area contributed by atoms with E-state index in [2.05, 4.69) is 5.10 Å². The number of amides is 1. The van der Waals surface area contributed by atoms with Crippen LogP contribution >= 0.6 is 0 Å². The topological polar surface area (TPSA) is 58.4 Å². The lowest BCUT2D eigenvalue weighted by molar-refractivity contribution is 0.0987. The second-order valence-corrected chi connectivity index (χ2v) is 4.37. The summed E-state index contributed by atoms with van der Waals surface area (Å²) in [7, 11) is 1.79. The summed E-state index contributed by atoms with van der Waals surface area (Å²) in [5.41, 5.74) is 1.95. The predicted molar refractivity (Wildman–Crippen MR) is 73.4 cm³/mol. The maximum absolute atomic E-state index is 12.5. The number of hydrogen-bond donors (Lipinski definition) is 1. The minimum Gasteiger partial charge on any atom is -0.508 e. The van der Waals surface area contributed by atoms with Crippen LogP contribution in [0.5, 0.6) is 5.75 Å². The molecule has 0 aliphatic carbocycles. The number of aromatic hydroxyl groups is 1. The monoisotopic (exact) mass is 259 g/mol. The Morgan fingerprint density at radius 1 is 1.47 bits per heavy atom. The van der Waals surface area contributed by atoms with E-state index in [1.807, 2.05) is 13.8 Å². The summed E-state index contributed by atoms with van der Waals surface area (Å²) in [6.45, 7) is 4.23. The molecule has 0 radical (unpaired) electrons. The number of hydrogen-bond acceptors (Lipinski definition) is 3. The van der Waals surface area contributed by atoms with Gasteiger partial charge in [0.1, 0.15) is 5.75 Å². The van der Waals surface area contributed by atoms with E-state index in [0.717, 1.165) is 0 Å². The van der Waals surface area contributed by atoms with Crippen LogP contribution < -0.4 is 4.90 Å². The van der Waals surface area contributed by atoms with Crippen molar-refractivity contribution >= 4 is 11.6 Å². The minimum absolute atomic E-state index is 0.112. The van der Waals surface area contributed by atoms with Crippen molar-refractivity contribution in [2.75, 3.05) is 11.4 Å². The number of phenolic OH excluding ortho intramolecular Hbond substituents is 1. The van der Waals surface area contributed by atoms with Crippen LogP contribution in [0.3, 0.4) is 0 Å². The number of carbonyl (C=O) groups is 1. The first-order valence-corrected chi connectivity index (χ1v) is 6.14. The third kappa shape index (κ3) is 2.59. The Hall–Kier alpha value is -2.30. The molecule has 5 nitrogen and oxygen atoms in total. The molecule has 19 heavy (non-hydrogen) atoms. The summed E-state index contributed by atoms with van der Waals surface area (Å²) in [5, 5.41) is 13.7. The molecule has 0 atom stereocenters. The maximum atomic E-state index is 12.5. The van der Waals surface area contributed by atoms with Gasteiger partial charge in [0, 0.05) is 31.5 Å². The molecule has 1 N–H and O–H groups in total. The first-order valence-electron chi connectivity index (χ1n) is 6.14. The van der Waals surface area contributed by atoms with Crippen LogP contribution in [0, 0.1) is 6.92 Å². The molecule has 0 spiro atoms. The molecule has 1 aromatic carbocycles. The number of carbonyl (C=O) groups excluding carboxylic acids is 1. The number of phenols is 1. The highest BCUT2D eigenvalue weighted by molar-refractivity contribution is 6.06. The van der Waals surface area contributed by atoms with E-state index in [1.54, 1.807) is 47.1 Å². The van der Waals surface area contributed by atoms with Crippen molar-refractivity contribution in [2.45, 2.75) is 13.8 Å². The van der Waals surface area contributed by atoms with Crippen LogP contribution in [0.2, 0.25) is 0 Å². The summed E-state index contributed by atoms with van der Waals surface area (Å²) < 4.78 is 1.62. The van der Waals surface area contributed by atoms with Gasteiger partial charge in [-0.25, -0.2) is 0 Å². The fourth-order valence-electron chi connectivity index (χ4n) is 2.06. The predicted octanol–water partition coefficient (Wildman–Crippen LogP) is 2.10. The van der Waals surface area contributed by atoms with Gasteiger partial charge in [0.25, 0.3) is 5.91 Å². The van der Waals surface area contributed by atoms with Crippen molar-refractivity contribution in [3.8, 4) is 5.75 Å². The zero-order valence-corrected chi connectivity index (χ0v) is 11.3. The van der Waals surface area contributed by atoms with E-state index < -0.39 is 0 Å². The molecular formula is C14H17N3O2. The number of benzene rings is 1. The lowest BCUT2D eigenvalue weighted by Gasteiger charge is -2.20. The molecule has 1 aromatic heterocycles. The van der Waals surface area contributed by atoms with Crippen molar-refractivity contribution in [2.24, 2.45) is 7.05 Å². The molecule has 2 aromatic rings. The Balaban J connectivity index is 2.37. The first-order chi connectivity index (χ1) is 9.02. The molecule has 5 heteroatoms. The highest BCUT2D eigenvalue weighted by atomic mass is 16.3. The molecule has 0 saturated carbocycles. The van der Waals surface area contributed by atoms with Crippen molar-refractivity contribution in [1.82, 2.24) is 9.78 Å². The van der Waals surface area contributed by atoms with E-state index in [9.17, 15) is 9.90 Å². The second kappa shape index (κ2) is 5.14. The number of aryl methyl sites for hydroxylation is 2. The van der Waals surface area contributed by atoms with Crippen molar-refractivity contribution in [1.29, 1.82) is 0 Å². The van der Waals surface area contributed by atoms with Gasteiger partial charge in [0.2, 0.25) is 0 Å². The van der Waals surface area contributed by atoms with Crippen molar-refractivity contribution in [3.05, 3.63) is 41.7 Å². The SMILES string of the molecule is CCN(C(=O)c1cn(C)nc1C)c1cccc(O)c1. The highest BCUT2D eigenvalue weighted by Gasteiger charge is 2.20. The van der Waals surface area contributed by atoms with Crippen LogP contribution in [0.4, 0.5) is 5.69 Å². The average molecular weight is 259 g/mol. The highest BCUT2D eigenvalue weighted by Crippen LogP contribution is 2.22. The zero-order chi connectivity index (χ0) is 14.0. The Kier molecular flexibility index (Phi) is 3.55. The second-order valence-electron chi connectivity index (χ2n) is 4.37. The van der Waals surface area contributed by atoms with Gasteiger partial charge in [-0.1, -0.05) is 6.07 Å². The minimum atomic E-state index is -0.112. The molecule has 100 valence electrons. The molecule has 2 rings (SSSR count). The Labute approximate surface area is 112 Å². The fourth-order valence-corrected chi connectivity index (χ4v) is 2.06. The van der Waals surface area contributed by atoms with Crippen LogP contribution in [0.25, 0.3) is 0 Å². The number of anilines is 1. The molecule has 1 amide bonds. The van der Waals surface area contributed by atoms with Crippen LogP contribution in [0.1, 0.15) is 23.0 Å². The van der Waals surface area contributed by atoms with Gasteiger partial charge in [0.05, 0.1) is 11.3 Å². The van der Waals surface area contributed by atoms with E-state index in [0.29, 0.717) is 23.5 Å². The van der Waals surface area contributed by atoms with Gasteiger partial charge in [-0.15, -0.1) is 0 Å². The summed E-state index contributed by atoms with van der Waals surface area (Å²) in [4.78, 5) is 14.1. The van der Waals surface area contributed by atoms with E-state index in [1.165, 1.54) is 0 Å². The average Bonchev–Trinajstić information content (AvgIpc) is 2.69. The molecule has 0 fully saturated rings. The quantitative estimate of drug-likeness (QED) is 0.918. The van der Waals surface area contributed by atoms with Gasteiger partial charge < -0.3 is 10.0 Å². The van der Waals surface area contributed by atoms with E-state index in [4.69, 9.17) is 0 Å². The maximum Gasteiger partial charge on any atom is 0.261 e. The largest absolute Gasteiger partial charge is 0.508 e. The molecule has 0 aliphatic rings. The zero-order valence-electron chi connectivity index (χ0n) is 11.3. The normalized spacial score (nSPS) is 10.5. The van der Waals surface area contributed by atoms with Gasteiger partial charge in [0.15, 0.2) is 0 Å². The van der Waals surface area contributed by atoms with Crippen LogP contribution in [-0.2, 0) is 7.05 Å². The van der Waals surface area contributed by atoms with E-state index >= 15 is 0 Å². The Morgan fingerprint density at radius 3 is 2.74 bits per heavy atom. The lowest BCUT2D eigenvalue weighted by Crippen LogP contribution is -2.30. The third-order valence-corrected chi connectivity index (χ3v) is 2.95. The number of nitrogens with zero attached hydrogens (tertiary/aromatic N) is 3. The number of rotatable bonds is 3. The van der Waals surface area contributed by atoms with Crippen molar-refractivity contribution in [3.63, 3.8) is 0 Å². The van der Waals surface area contributed by atoms with E-state index in [-0.39, 0.29) is 11.7 Å². The van der Waals surface area contributed by atoms with Gasteiger partial charge in [-0.2, -0.15) is 5.10 Å². The fraction of sp³-hybridized carbons (Fsp3) is 0.286. The smallest absolute Gasteiger partial charge is 0.261 e. The Morgan fingerprint density at radius 2 is 2.21 bits per heavy atom. The molecule has 0 aliphatic heterocycles. The van der Waals surface area contributed by atoms with Crippen LogP contribution in [0.15, 0.2) is 30.5 Å². The lowest BCUT2D eigenvalue weighted by atomic mass is 10.2. The summed E-state index contributed by atoms with van der Waals surface area (Å²) in [5.74, 6) is 0.0327. The Bertz CT molecular complexity index is 604.